The number of benzene rings is 1. The molecule has 1 aromatic rings. The fraction of sp³-hybridized carbons (Fsp3) is 0.235. The van der Waals surface area contributed by atoms with Crippen molar-refractivity contribution < 1.29 is 9.90 Å². The second-order valence-corrected chi connectivity index (χ2v) is 4.83. The lowest BCUT2D eigenvalue weighted by atomic mass is 10.1. The second-order valence-electron chi connectivity index (χ2n) is 4.83. The summed E-state index contributed by atoms with van der Waals surface area (Å²) < 4.78 is 0. The predicted molar refractivity (Wildman–Crippen MR) is 80.6 cm³/mol. The Morgan fingerprint density at radius 2 is 2.05 bits per heavy atom. The van der Waals surface area contributed by atoms with Crippen LogP contribution in [0.4, 0.5) is 0 Å². The van der Waals surface area contributed by atoms with E-state index in [-0.39, 0.29) is 5.91 Å². The lowest BCUT2D eigenvalue weighted by molar-refractivity contribution is 0.0954. The molecule has 104 valence electrons. The average molecular weight is 269 g/mol. The number of allylic oxidation sites excluding steroid dienone is 4. The van der Waals surface area contributed by atoms with Gasteiger partial charge in [0.25, 0.3) is 5.91 Å². The van der Waals surface area contributed by atoms with Crippen LogP contribution in [0.25, 0.3) is 0 Å². The Balaban J connectivity index is 1.88. The van der Waals surface area contributed by atoms with E-state index >= 15 is 0 Å². The molecule has 0 bridgehead atoms. The largest absolute Gasteiger partial charge is 0.512 e. The van der Waals surface area contributed by atoms with Crippen molar-refractivity contribution in [2.24, 2.45) is 0 Å². The maximum atomic E-state index is 11.9. The van der Waals surface area contributed by atoms with Crippen LogP contribution in [0.1, 0.15) is 30.1 Å². The molecule has 0 aliphatic heterocycles. The molecule has 3 heteroatoms. The third-order valence-corrected chi connectivity index (χ3v) is 3.24. The maximum absolute atomic E-state index is 11.9. The minimum absolute atomic E-state index is 0.0566. The third-order valence-electron chi connectivity index (χ3n) is 3.24. The topological polar surface area (TPSA) is 49.3 Å². The van der Waals surface area contributed by atoms with E-state index in [4.69, 9.17) is 0 Å². The first-order valence-electron chi connectivity index (χ1n) is 6.76. The molecule has 2 N–H and O–H groups in total. The molecule has 2 rings (SSSR count). The highest BCUT2D eigenvalue weighted by Gasteiger charge is 2.05. The fourth-order valence-electron chi connectivity index (χ4n) is 2.06. The summed E-state index contributed by atoms with van der Waals surface area (Å²) in [6.07, 6.45) is 7.23. The van der Waals surface area contributed by atoms with Crippen molar-refractivity contribution in [3.63, 3.8) is 0 Å². The molecule has 0 radical (unpaired) electrons. The molecule has 1 aliphatic carbocycles. The summed E-state index contributed by atoms with van der Waals surface area (Å²) in [4.78, 5) is 11.9. The highest BCUT2D eigenvalue weighted by molar-refractivity contribution is 5.94. The smallest absolute Gasteiger partial charge is 0.251 e. The van der Waals surface area contributed by atoms with Crippen molar-refractivity contribution in [1.29, 1.82) is 0 Å². The van der Waals surface area contributed by atoms with Gasteiger partial charge < -0.3 is 10.4 Å². The molecule has 0 spiro atoms. The van der Waals surface area contributed by atoms with Crippen molar-refractivity contribution in [3.05, 3.63) is 71.0 Å². The molecule has 1 amide bonds. The van der Waals surface area contributed by atoms with Crippen LogP contribution in [0.5, 0.6) is 0 Å². The Morgan fingerprint density at radius 3 is 2.80 bits per heavy atom. The summed E-state index contributed by atoms with van der Waals surface area (Å²) >= 11 is 0. The quantitative estimate of drug-likeness (QED) is 0.878. The van der Waals surface area contributed by atoms with Gasteiger partial charge in [0, 0.05) is 18.5 Å². The number of rotatable bonds is 4. The molecule has 0 fully saturated rings. The summed E-state index contributed by atoms with van der Waals surface area (Å²) in [5, 5.41) is 12.6. The van der Waals surface area contributed by atoms with Gasteiger partial charge in [0.2, 0.25) is 0 Å². The van der Waals surface area contributed by atoms with Crippen LogP contribution < -0.4 is 5.32 Å². The molecule has 1 aliphatic rings. The average Bonchev–Trinajstić information content (AvgIpc) is 2.62. The number of carbonyl (C=O) groups excluding carboxylic acids is 1. The van der Waals surface area contributed by atoms with Crippen molar-refractivity contribution in [3.8, 4) is 0 Å². The van der Waals surface area contributed by atoms with E-state index in [2.05, 4.69) is 5.32 Å². The SMILES string of the molecule is CC1=C(O)CC=CC(CCNC(=O)c2ccccc2)=C1. The number of carbonyl (C=O) groups is 1. The molecule has 3 nitrogen and oxygen atoms in total. The van der Waals surface area contributed by atoms with Crippen LogP contribution in [0.3, 0.4) is 0 Å². The Morgan fingerprint density at radius 1 is 1.30 bits per heavy atom. The summed E-state index contributed by atoms with van der Waals surface area (Å²) in [6, 6.07) is 9.18. The van der Waals surface area contributed by atoms with E-state index < -0.39 is 0 Å². The van der Waals surface area contributed by atoms with E-state index in [0.717, 1.165) is 17.6 Å². The molecule has 0 aromatic heterocycles. The zero-order valence-electron chi connectivity index (χ0n) is 11.6. The first-order chi connectivity index (χ1) is 9.66. The first kappa shape index (κ1) is 14.1. The maximum Gasteiger partial charge on any atom is 0.251 e. The number of nitrogens with one attached hydrogen (secondary N) is 1. The lowest BCUT2D eigenvalue weighted by Crippen LogP contribution is -2.24. The Hall–Kier alpha value is -2.29. The first-order valence-corrected chi connectivity index (χ1v) is 6.76. The van der Waals surface area contributed by atoms with Gasteiger partial charge >= 0.3 is 0 Å². The number of amides is 1. The normalized spacial score (nSPS) is 14.8. The standard InChI is InChI=1S/C17H19NO2/c1-13-12-14(6-5-9-16(13)19)10-11-18-17(20)15-7-3-2-4-8-15/h2-8,12,19H,9-11H2,1H3,(H,18,20). The molecular weight excluding hydrogens is 250 g/mol. The van der Waals surface area contributed by atoms with E-state index in [1.54, 1.807) is 12.1 Å². The van der Waals surface area contributed by atoms with E-state index in [0.29, 0.717) is 24.3 Å². The van der Waals surface area contributed by atoms with E-state index in [9.17, 15) is 9.90 Å². The van der Waals surface area contributed by atoms with Crippen molar-refractivity contribution in [2.75, 3.05) is 6.54 Å². The molecule has 0 unspecified atom stereocenters. The minimum Gasteiger partial charge on any atom is -0.512 e. The number of hydrogen-bond acceptors (Lipinski definition) is 2. The Labute approximate surface area is 119 Å². The number of aliphatic hydroxyl groups excluding tert-OH is 1. The predicted octanol–water partition coefficient (Wildman–Crippen LogP) is 3.52. The monoisotopic (exact) mass is 269 g/mol. The van der Waals surface area contributed by atoms with Crippen LogP contribution in [0.15, 0.2) is 65.5 Å². The van der Waals surface area contributed by atoms with Crippen LogP contribution in [-0.2, 0) is 0 Å². The Bertz CT molecular complexity index is 568. The van der Waals surface area contributed by atoms with Gasteiger partial charge in [0.15, 0.2) is 0 Å². The van der Waals surface area contributed by atoms with E-state index in [1.807, 2.05) is 43.4 Å². The van der Waals surface area contributed by atoms with E-state index in [1.165, 1.54) is 0 Å². The van der Waals surface area contributed by atoms with Crippen molar-refractivity contribution in [2.45, 2.75) is 19.8 Å². The van der Waals surface area contributed by atoms with Crippen LogP contribution >= 0.6 is 0 Å². The lowest BCUT2D eigenvalue weighted by Gasteiger charge is -2.06. The molecule has 0 saturated heterocycles. The van der Waals surface area contributed by atoms with Crippen LogP contribution in [-0.4, -0.2) is 17.6 Å². The summed E-state index contributed by atoms with van der Waals surface area (Å²) in [7, 11) is 0. The summed E-state index contributed by atoms with van der Waals surface area (Å²) in [5.74, 6) is 0.350. The second kappa shape index (κ2) is 6.75. The van der Waals surface area contributed by atoms with Crippen LogP contribution in [0, 0.1) is 0 Å². The molecular formula is C17H19NO2. The van der Waals surface area contributed by atoms with Crippen molar-refractivity contribution in [1.82, 2.24) is 5.32 Å². The van der Waals surface area contributed by atoms with Gasteiger partial charge in [-0.1, -0.05) is 36.4 Å². The van der Waals surface area contributed by atoms with Gasteiger partial charge in [-0.15, -0.1) is 0 Å². The van der Waals surface area contributed by atoms with Crippen molar-refractivity contribution >= 4 is 5.91 Å². The fourth-order valence-corrected chi connectivity index (χ4v) is 2.06. The Kier molecular flexibility index (Phi) is 4.77. The number of hydrogen-bond donors (Lipinski definition) is 2. The highest BCUT2D eigenvalue weighted by Crippen LogP contribution is 2.17. The summed E-state index contributed by atoms with van der Waals surface area (Å²) in [6.45, 7) is 2.48. The van der Waals surface area contributed by atoms with Gasteiger partial charge in [0.05, 0.1) is 5.76 Å². The van der Waals surface area contributed by atoms with Gasteiger partial charge in [-0.3, -0.25) is 4.79 Å². The van der Waals surface area contributed by atoms with Gasteiger partial charge in [0.1, 0.15) is 0 Å². The molecule has 0 saturated carbocycles. The van der Waals surface area contributed by atoms with Gasteiger partial charge in [-0.2, -0.15) is 0 Å². The van der Waals surface area contributed by atoms with Gasteiger partial charge in [-0.25, -0.2) is 0 Å². The molecule has 0 heterocycles. The zero-order chi connectivity index (χ0) is 14.4. The highest BCUT2D eigenvalue weighted by atomic mass is 16.3. The van der Waals surface area contributed by atoms with Crippen LogP contribution in [0.2, 0.25) is 0 Å². The van der Waals surface area contributed by atoms with Gasteiger partial charge in [-0.05, 0) is 36.6 Å². The summed E-state index contributed by atoms with van der Waals surface area (Å²) in [5.41, 5.74) is 2.67. The molecule has 20 heavy (non-hydrogen) atoms. The third kappa shape index (κ3) is 3.85. The molecule has 1 aromatic carbocycles. The minimum atomic E-state index is -0.0566. The molecule has 0 atom stereocenters. The number of aliphatic hydroxyl groups is 1. The zero-order valence-corrected chi connectivity index (χ0v) is 11.6.